The number of rotatable bonds is 4. The highest BCUT2D eigenvalue weighted by Crippen LogP contribution is 2.35. The standard InChI is InChI=1S/C20H15F2NO3S/c21-16-5-1-4-15(19(16)22)20(24)23(12-14-3-2-10-27-14)13-6-7-17-18(11-13)26-9-8-25-17/h1-7,10-11H,8-9,12H2. The molecule has 3 aromatic rings. The van der Waals surface area contributed by atoms with Crippen LogP contribution >= 0.6 is 11.3 Å². The van der Waals surface area contributed by atoms with Crippen molar-refractivity contribution in [3.05, 3.63) is 76.0 Å². The second-order valence-corrected chi connectivity index (χ2v) is 6.93. The summed E-state index contributed by atoms with van der Waals surface area (Å²) in [6, 6.07) is 12.4. The van der Waals surface area contributed by atoms with Crippen molar-refractivity contribution in [3.63, 3.8) is 0 Å². The zero-order valence-electron chi connectivity index (χ0n) is 14.2. The van der Waals surface area contributed by atoms with E-state index in [9.17, 15) is 13.6 Å². The minimum Gasteiger partial charge on any atom is -0.486 e. The van der Waals surface area contributed by atoms with Crippen molar-refractivity contribution in [2.75, 3.05) is 18.1 Å². The van der Waals surface area contributed by atoms with Crippen LogP contribution in [0.25, 0.3) is 0 Å². The third kappa shape index (κ3) is 3.50. The van der Waals surface area contributed by atoms with Crippen molar-refractivity contribution in [1.82, 2.24) is 0 Å². The van der Waals surface area contributed by atoms with E-state index in [1.165, 1.54) is 28.4 Å². The lowest BCUT2D eigenvalue weighted by molar-refractivity contribution is 0.0980. The van der Waals surface area contributed by atoms with E-state index < -0.39 is 17.5 Å². The van der Waals surface area contributed by atoms with Gasteiger partial charge in [-0.1, -0.05) is 12.1 Å². The van der Waals surface area contributed by atoms with Gasteiger partial charge in [-0.05, 0) is 35.7 Å². The lowest BCUT2D eigenvalue weighted by Gasteiger charge is -2.25. The Morgan fingerprint density at radius 2 is 1.85 bits per heavy atom. The summed E-state index contributed by atoms with van der Waals surface area (Å²) in [5.74, 6) is -1.74. The fourth-order valence-electron chi connectivity index (χ4n) is 2.85. The number of benzene rings is 2. The Kier molecular flexibility index (Phi) is 4.77. The maximum atomic E-state index is 14.2. The number of nitrogens with zero attached hydrogens (tertiary/aromatic N) is 1. The minimum atomic E-state index is -1.16. The highest BCUT2D eigenvalue weighted by Gasteiger charge is 2.25. The fraction of sp³-hybridized carbons (Fsp3) is 0.150. The highest BCUT2D eigenvalue weighted by atomic mass is 32.1. The molecule has 1 amide bonds. The molecule has 0 aliphatic carbocycles. The molecule has 7 heteroatoms. The summed E-state index contributed by atoms with van der Waals surface area (Å²) >= 11 is 1.48. The quantitative estimate of drug-likeness (QED) is 0.654. The van der Waals surface area contributed by atoms with E-state index in [2.05, 4.69) is 0 Å². The molecule has 0 radical (unpaired) electrons. The van der Waals surface area contributed by atoms with E-state index >= 15 is 0 Å². The summed E-state index contributed by atoms with van der Waals surface area (Å²) in [4.78, 5) is 15.4. The predicted octanol–water partition coefficient (Wildman–Crippen LogP) is 4.64. The molecule has 0 unspecified atom stereocenters. The second kappa shape index (κ2) is 7.36. The Balaban J connectivity index is 1.75. The molecule has 0 atom stereocenters. The van der Waals surface area contributed by atoms with E-state index in [1.807, 2.05) is 17.5 Å². The van der Waals surface area contributed by atoms with Crippen LogP contribution in [0.4, 0.5) is 14.5 Å². The third-order valence-corrected chi connectivity index (χ3v) is 5.02. The van der Waals surface area contributed by atoms with Crippen LogP contribution in [0.2, 0.25) is 0 Å². The van der Waals surface area contributed by atoms with Crippen LogP contribution in [0.15, 0.2) is 53.9 Å². The van der Waals surface area contributed by atoms with E-state index in [0.29, 0.717) is 30.4 Å². The molecule has 0 saturated carbocycles. The van der Waals surface area contributed by atoms with E-state index in [1.54, 1.807) is 18.2 Å². The zero-order chi connectivity index (χ0) is 18.8. The Morgan fingerprint density at radius 3 is 2.63 bits per heavy atom. The van der Waals surface area contributed by atoms with Gasteiger partial charge in [0.05, 0.1) is 12.1 Å². The number of amides is 1. The van der Waals surface area contributed by atoms with Crippen molar-refractivity contribution in [2.24, 2.45) is 0 Å². The van der Waals surface area contributed by atoms with Crippen LogP contribution in [0, 0.1) is 11.6 Å². The van der Waals surface area contributed by atoms with Gasteiger partial charge in [-0.25, -0.2) is 8.78 Å². The Bertz CT molecular complexity index is 975. The molecule has 0 saturated heterocycles. The first-order chi connectivity index (χ1) is 13.1. The molecule has 1 aliphatic rings. The average Bonchev–Trinajstić information content (AvgIpc) is 3.21. The van der Waals surface area contributed by atoms with Crippen molar-refractivity contribution in [3.8, 4) is 11.5 Å². The minimum absolute atomic E-state index is 0.228. The SMILES string of the molecule is O=C(c1cccc(F)c1F)N(Cc1cccs1)c1ccc2c(c1)OCCO2. The molecule has 4 nitrogen and oxygen atoms in total. The summed E-state index contributed by atoms with van der Waals surface area (Å²) in [6.07, 6.45) is 0. The smallest absolute Gasteiger partial charge is 0.261 e. The number of anilines is 1. The zero-order valence-corrected chi connectivity index (χ0v) is 15.0. The normalized spacial score (nSPS) is 12.7. The van der Waals surface area contributed by atoms with Crippen LogP contribution in [-0.4, -0.2) is 19.1 Å². The number of ether oxygens (including phenoxy) is 2. The van der Waals surface area contributed by atoms with Gasteiger partial charge in [0.15, 0.2) is 23.1 Å². The molecule has 2 heterocycles. The summed E-state index contributed by atoms with van der Waals surface area (Å²) in [6.45, 7) is 1.10. The molecule has 138 valence electrons. The highest BCUT2D eigenvalue weighted by molar-refractivity contribution is 7.09. The maximum Gasteiger partial charge on any atom is 0.261 e. The maximum absolute atomic E-state index is 14.2. The Labute approximate surface area is 158 Å². The molecule has 1 aliphatic heterocycles. The van der Waals surface area contributed by atoms with E-state index in [-0.39, 0.29) is 12.1 Å². The molecule has 0 spiro atoms. The van der Waals surface area contributed by atoms with Gasteiger partial charge in [0.2, 0.25) is 0 Å². The van der Waals surface area contributed by atoms with Crippen molar-refractivity contribution in [2.45, 2.75) is 6.54 Å². The first-order valence-electron chi connectivity index (χ1n) is 8.31. The number of fused-ring (bicyclic) bond motifs is 1. The number of carbonyl (C=O) groups excluding carboxylic acids is 1. The summed E-state index contributed by atoms with van der Waals surface area (Å²) < 4.78 is 38.9. The van der Waals surface area contributed by atoms with Crippen LogP contribution in [0.5, 0.6) is 11.5 Å². The molecule has 0 bridgehead atoms. The van der Waals surface area contributed by atoms with Gasteiger partial charge in [-0.15, -0.1) is 11.3 Å². The number of thiophene rings is 1. The van der Waals surface area contributed by atoms with Gasteiger partial charge in [0.1, 0.15) is 13.2 Å². The van der Waals surface area contributed by atoms with Crippen LogP contribution < -0.4 is 14.4 Å². The number of carbonyl (C=O) groups is 1. The van der Waals surface area contributed by atoms with Crippen molar-refractivity contribution < 1.29 is 23.0 Å². The lowest BCUT2D eigenvalue weighted by atomic mass is 10.1. The van der Waals surface area contributed by atoms with Crippen molar-refractivity contribution >= 4 is 22.9 Å². The van der Waals surface area contributed by atoms with Gasteiger partial charge >= 0.3 is 0 Å². The average molecular weight is 387 g/mol. The first-order valence-corrected chi connectivity index (χ1v) is 9.19. The Hall–Kier alpha value is -2.93. The summed E-state index contributed by atoms with van der Waals surface area (Å²) in [7, 11) is 0. The Morgan fingerprint density at radius 1 is 1.04 bits per heavy atom. The van der Waals surface area contributed by atoms with Gasteiger partial charge in [-0.3, -0.25) is 4.79 Å². The van der Waals surface area contributed by atoms with Gasteiger partial charge in [0, 0.05) is 16.6 Å². The molecule has 0 N–H and O–H groups in total. The number of hydrogen-bond donors (Lipinski definition) is 0. The molecule has 2 aromatic carbocycles. The number of hydrogen-bond acceptors (Lipinski definition) is 4. The topological polar surface area (TPSA) is 38.8 Å². The molecule has 0 fully saturated rings. The molecule has 4 rings (SSSR count). The van der Waals surface area contributed by atoms with Crippen LogP contribution in [0.3, 0.4) is 0 Å². The first kappa shape index (κ1) is 17.5. The van der Waals surface area contributed by atoms with Crippen LogP contribution in [-0.2, 0) is 6.54 Å². The molecule has 27 heavy (non-hydrogen) atoms. The largest absolute Gasteiger partial charge is 0.486 e. The molecular weight excluding hydrogens is 372 g/mol. The second-order valence-electron chi connectivity index (χ2n) is 5.90. The fourth-order valence-corrected chi connectivity index (χ4v) is 3.55. The molecule has 1 aromatic heterocycles. The van der Waals surface area contributed by atoms with Gasteiger partial charge in [0.25, 0.3) is 5.91 Å². The predicted molar refractivity (Wildman–Crippen MR) is 98.6 cm³/mol. The lowest BCUT2D eigenvalue weighted by Crippen LogP contribution is -2.31. The van der Waals surface area contributed by atoms with Crippen molar-refractivity contribution in [1.29, 1.82) is 0 Å². The van der Waals surface area contributed by atoms with Crippen LogP contribution in [0.1, 0.15) is 15.2 Å². The van der Waals surface area contributed by atoms with E-state index in [4.69, 9.17) is 9.47 Å². The number of halogens is 2. The molecular formula is C20H15F2NO3S. The monoisotopic (exact) mass is 387 g/mol. The van der Waals surface area contributed by atoms with E-state index in [0.717, 1.165) is 10.9 Å². The third-order valence-electron chi connectivity index (χ3n) is 4.16. The van der Waals surface area contributed by atoms with Gasteiger partial charge in [-0.2, -0.15) is 0 Å². The summed E-state index contributed by atoms with van der Waals surface area (Å²) in [5.41, 5.74) is 0.197. The van der Waals surface area contributed by atoms with Gasteiger partial charge < -0.3 is 14.4 Å². The summed E-state index contributed by atoms with van der Waals surface area (Å²) in [5, 5.41) is 1.89.